The molecule has 0 atom stereocenters. The molecule has 0 spiro atoms. The summed E-state index contributed by atoms with van der Waals surface area (Å²) in [4.78, 5) is 2.32. The highest BCUT2D eigenvalue weighted by atomic mass is 16.3. The summed E-state index contributed by atoms with van der Waals surface area (Å²) in [6.07, 6.45) is 2.62. The molecule has 1 fully saturated rings. The Balaban J connectivity index is 1.55. The first kappa shape index (κ1) is 14.4. The van der Waals surface area contributed by atoms with Gasteiger partial charge >= 0.3 is 0 Å². The van der Waals surface area contributed by atoms with E-state index in [9.17, 15) is 0 Å². The van der Waals surface area contributed by atoms with E-state index in [4.69, 9.17) is 4.42 Å². The van der Waals surface area contributed by atoms with E-state index in [1.54, 1.807) is 0 Å². The molecule has 1 aliphatic rings. The van der Waals surface area contributed by atoms with Gasteiger partial charge < -0.3 is 9.73 Å². The molecule has 0 unspecified atom stereocenters. The average molecular weight is 284 g/mol. The smallest absolute Gasteiger partial charge is 0.118 e. The lowest BCUT2D eigenvalue weighted by atomic mass is 10.2. The second-order valence-corrected chi connectivity index (χ2v) is 6.11. The summed E-state index contributed by atoms with van der Waals surface area (Å²) >= 11 is 0. The van der Waals surface area contributed by atoms with E-state index in [1.807, 2.05) is 0 Å². The summed E-state index contributed by atoms with van der Waals surface area (Å²) in [7, 11) is 2.15. The predicted molar refractivity (Wildman–Crippen MR) is 84.9 cm³/mol. The normalized spacial score (nSPS) is 14.8. The fraction of sp³-hybridized carbons (Fsp3) is 0.444. The van der Waals surface area contributed by atoms with Crippen LogP contribution in [0.25, 0.3) is 0 Å². The van der Waals surface area contributed by atoms with Gasteiger partial charge in [0, 0.05) is 24.7 Å². The van der Waals surface area contributed by atoms with Crippen LogP contribution in [-0.2, 0) is 19.6 Å². The SMILES string of the molecule is Cc1oc(CNC2CC2)cc1CN(C)Cc1ccccc1. The minimum atomic E-state index is 0.722. The summed E-state index contributed by atoms with van der Waals surface area (Å²) < 4.78 is 5.85. The Hall–Kier alpha value is -1.58. The maximum Gasteiger partial charge on any atom is 0.118 e. The molecule has 0 aliphatic heterocycles. The molecule has 1 heterocycles. The second-order valence-electron chi connectivity index (χ2n) is 6.11. The van der Waals surface area contributed by atoms with Crippen LogP contribution in [0.2, 0.25) is 0 Å². The molecule has 0 bridgehead atoms. The van der Waals surface area contributed by atoms with E-state index in [1.165, 1.54) is 24.0 Å². The molecule has 3 heteroatoms. The zero-order valence-electron chi connectivity index (χ0n) is 12.9. The molecule has 21 heavy (non-hydrogen) atoms. The van der Waals surface area contributed by atoms with Crippen LogP contribution in [0.1, 0.15) is 35.5 Å². The van der Waals surface area contributed by atoms with Crippen LogP contribution in [0.5, 0.6) is 0 Å². The van der Waals surface area contributed by atoms with Gasteiger partial charge in [-0.2, -0.15) is 0 Å². The average Bonchev–Trinajstić information content (AvgIpc) is 3.23. The van der Waals surface area contributed by atoms with Gasteiger partial charge in [0.2, 0.25) is 0 Å². The molecule has 0 amide bonds. The van der Waals surface area contributed by atoms with E-state index in [0.717, 1.165) is 37.2 Å². The van der Waals surface area contributed by atoms with Gasteiger partial charge in [0.05, 0.1) is 6.54 Å². The standard InChI is InChI=1S/C18H24N2O/c1-14-16(10-18(21-14)11-19-17-8-9-17)13-20(2)12-15-6-4-3-5-7-15/h3-7,10,17,19H,8-9,11-13H2,1-2H3. The highest BCUT2D eigenvalue weighted by Crippen LogP contribution is 2.21. The highest BCUT2D eigenvalue weighted by Gasteiger charge is 2.21. The van der Waals surface area contributed by atoms with E-state index in [0.29, 0.717) is 0 Å². The zero-order chi connectivity index (χ0) is 14.7. The Morgan fingerprint density at radius 3 is 2.67 bits per heavy atom. The maximum atomic E-state index is 5.85. The first-order valence-corrected chi connectivity index (χ1v) is 7.75. The van der Waals surface area contributed by atoms with Crippen LogP contribution in [0.4, 0.5) is 0 Å². The number of hydrogen-bond donors (Lipinski definition) is 1. The quantitative estimate of drug-likeness (QED) is 0.844. The van der Waals surface area contributed by atoms with Gasteiger partial charge in [-0.1, -0.05) is 30.3 Å². The van der Waals surface area contributed by atoms with Gasteiger partial charge in [-0.3, -0.25) is 4.90 Å². The van der Waals surface area contributed by atoms with Gasteiger partial charge in [-0.05, 0) is 38.4 Å². The van der Waals surface area contributed by atoms with Gasteiger partial charge in [0.25, 0.3) is 0 Å². The van der Waals surface area contributed by atoms with Crippen molar-refractivity contribution >= 4 is 0 Å². The Labute approximate surface area is 127 Å². The molecule has 0 saturated heterocycles. The maximum absolute atomic E-state index is 5.85. The van der Waals surface area contributed by atoms with Crippen LogP contribution in [0.15, 0.2) is 40.8 Å². The number of benzene rings is 1. The number of furan rings is 1. The summed E-state index contributed by atoms with van der Waals surface area (Å²) in [5.41, 5.74) is 2.64. The highest BCUT2D eigenvalue weighted by molar-refractivity contribution is 5.21. The van der Waals surface area contributed by atoms with Crippen LogP contribution >= 0.6 is 0 Å². The topological polar surface area (TPSA) is 28.4 Å². The summed E-state index contributed by atoms with van der Waals surface area (Å²) in [6, 6.07) is 13.5. The molecule has 1 N–H and O–H groups in total. The molecular formula is C18H24N2O. The number of aryl methyl sites for hydroxylation is 1. The molecule has 0 radical (unpaired) electrons. The van der Waals surface area contributed by atoms with Crippen molar-refractivity contribution in [1.29, 1.82) is 0 Å². The number of nitrogens with zero attached hydrogens (tertiary/aromatic N) is 1. The third-order valence-electron chi connectivity index (χ3n) is 3.95. The van der Waals surface area contributed by atoms with Crippen molar-refractivity contribution in [2.45, 2.75) is 45.4 Å². The molecule has 2 aromatic rings. The van der Waals surface area contributed by atoms with Crippen LogP contribution in [-0.4, -0.2) is 18.0 Å². The molecular weight excluding hydrogens is 260 g/mol. The number of nitrogens with one attached hydrogen (secondary N) is 1. The Morgan fingerprint density at radius 1 is 1.19 bits per heavy atom. The molecule has 1 saturated carbocycles. The van der Waals surface area contributed by atoms with E-state index in [-0.39, 0.29) is 0 Å². The fourth-order valence-corrected chi connectivity index (χ4v) is 2.61. The van der Waals surface area contributed by atoms with Crippen molar-refractivity contribution in [2.75, 3.05) is 7.05 Å². The lowest BCUT2D eigenvalue weighted by Crippen LogP contribution is -2.17. The lowest BCUT2D eigenvalue weighted by Gasteiger charge is -2.16. The lowest BCUT2D eigenvalue weighted by molar-refractivity contribution is 0.316. The molecule has 3 rings (SSSR count). The van der Waals surface area contributed by atoms with Gasteiger partial charge in [0.1, 0.15) is 11.5 Å². The van der Waals surface area contributed by atoms with Crippen molar-refractivity contribution in [3.05, 3.63) is 59.0 Å². The van der Waals surface area contributed by atoms with Crippen LogP contribution in [0, 0.1) is 6.92 Å². The van der Waals surface area contributed by atoms with Crippen LogP contribution < -0.4 is 5.32 Å². The fourth-order valence-electron chi connectivity index (χ4n) is 2.61. The molecule has 1 aromatic heterocycles. The van der Waals surface area contributed by atoms with E-state index >= 15 is 0 Å². The van der Waals surface area contributed by atoms with E-state index in [2.05, 4.69) is 60.6 Å². The predicted octanol–water partition coefficient (Wildman–Crippen LogP) is 3.47. The Kier molecular flexibility index (Phi) is 4.42. The summed E-state index contributed by atoms with van der Waals surface area (Å²) in [5.74, 6) is 2.10. The summed E-state index contributed by atoms with van der Waals surface area (Å²) in [6.45, 7) is 4.80. The minimum Gasteiger partial charge on any atom is -0.465 e. The van der Waals surface area contributed by atoms with Crippen molar-refractivity contribution < 1.29 is 4.42 Å². The monoisotopic (exact) mass is 284 g/mol. The number of hydrogen-bond acceptors (Lipinski definition) is 3. The van der Waals surface area contributed by atoms with Gasteiger partial charge in [0.15, 0.2) is 0 Å². The Morgan fingerprint density at radius 2 is 1.95 bits per heavy atom. The first-order valence-electron chi connectivity index (χ1n) is 7.75. The molecule has 112 valence electrons. The first-order chi connectivity index (χ1) is 10.2. The van der Waals surface area contributed by atoms with Crippen molar-refractivity contribution in [1.82, 2.24) is 10.2 Å². The Bertz CT molecular complexity index is 572. The molecule has 3 nitrogen and oxygen atoms in total. The van der Waals surface area contributed by atoms with Gasteiger partial charge in [-0.25, -0.2) is 0 Å². The third kappa shape index (κ3) is 4.19. The van der Waals surface area contributed by atoms with Crippen molar-refractivity contribution in [2.24, 2.45) is 0 Å². The third-order valence-corrected chi connectivity index (χ3v) is 3.95. The van der Waals surface area contributed by atoms with Crippen LogP contribution in [0.3, 0.4) is 0 Å². The second kappa shape index (κ2) is 6.46. The molecule has 1 aliphatic carbocycles. The number of rotatable bonds is 7. The minimum absolute atomic E-state index is 0.722. The van der Waals surface area contributed by atoms with Crippen molar-refractivity contribution in [3.63, 3.8) is 0 Å². The zero-order valence-corrected chi connectivity index (χ0v) is 12.9. The van der Waals surface area contributed by atoms with Gasteiger partial charge in [-0.15, -0.1) is 0 Å². The largest absolute Gasteiger partial charge is 0.465 e. The van der Waals surface area contributed by atoms with Crippen molar-refractivity contribution in [3.8, 4) is 0 Å². The molecule has 1 aromatic carbocycles. The van der Waals surface area contributed by atoms with E-state index < -0.39 is 0 Å². The summed E-state index contributed by atoms with van der Waals surface area (Å²) in [5, 5.41) is 3.50.